The van der Waals surface area contributed by atoms with Crippen molar-refractivity contribution >= 4 is 5.91 Å². The van der Waals surface area contributed by atoms with Gasteiger partial charge in [0.2, 0.25) is 0 Å². The van der Waals surface area contributed by atoms with Crippen LogP contribution in [0.25, 0.3) is 11.3 Å². The van der Waals surface area contributed by atoms with Crippen molar-refractivity contribution in [3.05, 3.63) is 47.9 Å². The summed E-state index contributed by atoms with van der Waals surface area (Å²) in [6.45, 7) is 0.562. The number of pyridine rings is 1. The number of rotatable bonds is 6. The maximum Gasteiger partial charge on any atom is 0.269 e. The number of carbonyl (C=O) groups is 1. The monoisotopic (exact) mass is 327 g/mol. The van der Waals surface area contributed by atoms with Crippen LogP contribution in [-0.4, -0.2) is 43.0 Å². The quantitative estimate of drug-likeness (QED) is 0.689. The third-order valence-electron chi connectivity index (χ3n) is 3.36. The molecule has 2 N–H and O–H groups in total. The highest BCUT2D eigenvalue weighted by Gasteiger charge is 2.14. The van der Waals surface area contributed by atoms with Crippen molar-refractivity contribution in [3.8, 4) is 11.3 Å². The molecule has 0 radical (unpaired) electrons. The molecule has 3 rings (SSSR count). The Hall–Kier alpha value is -3.07. The van der Waals surface area contributed by atoms with Crippen LogP contribution >= 0.6 is 0 Å². The maximum atomic E-state index is 12.3. The molecule has 0 saturated carbocycles. The fraction of sp³-hybridized carbons (Fsp3) is 0.267. The second-order valence-electron chi connectivity index (χ2n) is 5.09. The molecule has 0 bridgehead atoms. The van der Waals surface area contributed by atoms with Crippen LogP contribution in [-0.2, 0) is 24.9 Å². The summed E-state index contributed by atoms with van der Waals surface area (Å²) in [5.41, 5.74) is 2.07. The van der Waals surface area contributed by atoms with Crippen molar-refractivity contribution in [1.29, 1.82) is 0 Å². The molecule has 0 aliphatic carbocycles. The Bertz CT molecular complexity index is 825. The minimum atomic E-state index is -0.241. The van der Waals surface area contributed by atoms with E-state index in [9.17, 15) is 4.79 Å². The standard InChI is InChI=1S/C15H17N7O2/c1-22-12(7-11(21-22)10-3-5-16-6-4-10)15(23)17-8-13-18-14(9-24-2)20-19-13/h3-7H,8-9H2,1-2H3,(H,17,23)(H,18,19,20). The van der Waals surface area contributed by atoms with Gasteiger partial charge in [0.25, 0.3) is 5.91 Å². The van der Waals surface area contributed by atoms with Crippen molar-refractivity contribution in [2.24, 2.45) is 7.05 Å². The molecule has 24 heavy (non-hydrogen) atoms. The molecule has 0 spiro atoms. The Morgan fingerprint density at radius 1 is 1.38 bits per heavy atom. The molecule has 3 aromatic heterocycles. The third kappa shape index (κ3) is 3.46. The highest BCUT2D eigenvalue weighted by Crippen LogP contribution is 2.17. The number of H-pyrrole nitrogens is 1. The zero-order chi connectivity index (χ0) is 16.9. The first-order valence-corrected chi connectivity index (χ1v) is 7.29. The van der Waals surface area contributed by atoms with E-state index in [0.29, 0.717) is 29.6 Å². The van der Waals surface area contributed by atoms with Gasteiger partial charge in [0.05, 0.1) is 12.2 Å². The molecule has 0 unspecified atom stereocenters. The molecule has 9 nitrogen and oxygen atoms in total. The lowest BCUT2D eigenvalue weighted by atomic mass is 10.2. The number of aromatic nitrogens is 6. The lowest BCUT2D eigenvalue weighted by molar-refractivity contribution is 0.0940. The number of nitrogens with one attached hydrogen (secondary N) is 2. The Morgan fingerprint density at radius 2 is 2.17 bits per heavy atom. The third-order valence-corrected chi connectivity index (χ3v) is 3.36. The average Bonchev–Trinajstić information content (AvgIpc) is 3.20. The van der Waals surface area contributed by atoms with Crippen molar-refractivity contribution < 1.29 is 9.53 Å². The lowest BCUT2D eigenvalue weighted by Gasteiger charge is -2.02. The summed E-state index contributed by atoms with van der Waals surface area (Å²) in [6.07, 6.45) is 3.37. The van der Waals surface area contributed by atoms with Gasteiger partial charge in [0.1, 0.15) is 18.1 Å². The van der Waals surface area contributed by atoms with E-state index in [-0.39, 0.29) is 12.5 Å². The number of hydrogen-bond acceptors (Lipinski definition) is 6. The second kappa shape index (κ2) is 7.01. The molecule has 0 aromatic carbocycles. The molecule has 9 heteroatoms. The zero-order valence-electron chi connectivity index (χ0n) is 13.4. The number of aryl methyl sites for hydroxylation is 1. The summed E-state index contributed by atoms with van der Waals surface area (Å²) in [6, 6.07) is 5.42. The van der Waals surface area contributed by atoms with Crippen molar-refractivity contribution in [2.45, 2.75) is 13.2 Å². The summed E-state index contributed by atoms with van der Waals surface area (Å²) < 4.78 is 6.49. The van der Waals surface area contributed by atoms with Gasteiger partial charge in [-0.05, 0) is 18.2 Å². The van der Waals surface area contributed by atoms with Crippen LogP contribution in [0.4, 0.5) is 0 Å². The second-order valence-corrected chi connectivity index (χ2v) is 5.09. The van der Waals surface area contributed by atoms with Crippen molar-refractivity contribution in [3.63, 3.8) is 0 Å². The molecular weight excluding hydrogens is 310 g/mol. The first-order chi connectivity index (χ1) is 11.7. The highest BCUT2D eigenvalue weighted by molar-refractivity contribution is 5.93. The van der Waals surface area contributed by atoms with E-state index in [1.807, 2.05) is 12.1 Å². The van der Waals surface area contributed by atoms with Gasteiger partial charge in [-0.1, -0.05) is 0 Å². The van der Waals surface area contributed by atoms with Crippen molar-refractivity contribution in [2.75, 3.05) is 7.11 Å². The minimum Gasteiger partial charge on any atom is -0.377 e. The number of amides is 1. The van der Waals surface area contributed by atoms with Gasteiger partial charge in [-0.3, -0.25) is 19.6 Å². The number of hydrogen-bond donors (Lipinski definition) is 2. The van der Waals surface area contributed by atoms with Gasteiger partial charge in [-0.15, -0.1) is 0 Å². The predicted molar refractivity (Wildman–Crippen MR) is 84.7 cm³/mol. The van der Waals surface area contributed by atoms with E-state index < -0.39 is 0 Å². The van der Waals surface area contributed by atoms with Crippen LogP contribution in [0.5, 0.6) is 0 Å². The Morgan fingerprint density at radius 3 is 2.92 bits per heavy atom. The van der Waals surface area contributed by atoms with Crippen LogP contribution in [0.1, 0.15) is 22.1 Å². The van der Waals surface area contributed by atoms with Gasteiger partial charge in [-0.25, -0.2) is 4.98 Å². The van der Waals surface area contributed by atoms with E-state index in [2.05, 4.69) is 30.6 Å². The highest BCUT2D eigenvalue weighted by atomic mass is 16.5. The smallest absolute Gasteiger partial charge is 0.269 e. The maximum absolute atomic E-state index is 12.3. The number of ether oxygens (including phenoxy) is 1. The summed E-state index contributed by atoms with van der Waals surface area (Å²) >= 11 is 0. The Kier molecular flexibility index (Phi) is 4.62. The van der Waals surface area contributed by atoms with Gasteiger partial charge in [0, 0.05) is 32.1 Å². The van der Waals surface area contributed by atoms with E-state index in [1.165, 1.54) is 0 Å². The number of carbonyl (C=O) groups excluding carboxylic acids is 1. The lowest BCUT2D eigenvalue weighted by Crippen LogP contribution is -2.25. The molecule has 3 aromatic rings. The van der Waals surface area contributed by atoms with Crippen LogP contribution < -0.4 is 5.32 Å². The fourth-order valence-corrected chi connectivity index (χ4v) is 2.21. The number of nitrogens with zero attached hydrogens (tertiary/aromatic N) is 5. The van der Waals surface area contributed by atoms with Gasteiger partial charge < -0.3 is 10.1 Å². The first kappa shape index (κ1) is 15.8. The van der Waals surface area contributed by atoms with Gasteiger partial charge in [0.15, 0.2) is 5.82 Å². The fourth-order valence-electron chi connectivity index (χ4n) is 2.21. The summed E-state index contributed by atoms with van der Waals surface area (Å²) in [5, 5.41) is 13.9. The topological polar surface area (TPSA) is 111 Å². The SMILES string of the molecule is COCc1n[nH]c(CNC(=O)c2cc(-c3ccncc3)nn2C)n1. The molecule has 3 heterocycles. The molecule has 0 aliphatic heterocycles. The molecule has 1 amide bonds. The van der Waals surface area contributed by atoms with Crippen LogP contribution in [0.3, 0.4) is 0 Å². The summed E-state index contributed by atoms with van der Waals surface area (Å²) in [5.74, 6) is 0.865. The molecule has 124 valence electrons. The van der Waals surface area contributed by atoms with Crippen molar-refractivity contribution in [1.82, 2.24) is 35.3 Å². The summed E-state index contributed by atoms with van der Waals surface area (Å²) in [4.78, 5) is 20.5. The van der Waals surface area contributed by atoms with Crippen LogP contribution in [0, 0.1) is 0 Å². The first-order valence-electron chi connectivity index (χ1n) is 7.29. The van der Waals surface area contributed by atoms with Gasteiger partial charge >= 0.3 is 0 Å². The molecular formula is C15H17N7O2. The summed E-state index contributed by atoms with van der Waals surface area (Å²) in [7, 11) is 3.30. The van der Waals surface area contributed by atoms with Crippen LogP contribution in [0.15, 0.2) is 30.6 Å². The molecule has 0 aliphatic rings. The van der Waals surface area contributed by atoms with Gasteiger partial charge in [-0.2, -0.15) is 10.2 Å². The van der Waals surface area contributed by atoms with Crippen LogP contribution in [0.2, 0.25) is 0 Å². The molecule has 0 saturated heterocycles. The number of aromatic amines is 1. The predicted octanol–water partition coefficient (Wildman–Crippen LogP) is 0.677. The zero-order valence-corrected chi connectivity index (χ0v) is 13.4. The largest absolute Gasteiger partial charge is 0.377 e. The van der Waals surface area contributed by atoms with E-state index >= 15 is 0 Å². The van der Waals surface area contributed by atoms with E-state index in [0.717, 1.165) is 5.56 Å². The van der Waals surface area contributed by atoms with E-state index in [4.69, 9.17) is 4.74 Å². The van der Waals surface area contributed by atoms with E-state index in [1.54, 1.807) is 37.3 Å². The molecule has 0 fully saturated rings. The molecule has 0 atom stereocenters. The minimum absolute atomic E-state index is 0.241. The Labute approximate surface area is 138 Å². The number of methoxy groups -OCH3 is 1. The Balaban J connectivity index is 1.67. The normalized spacial score (nSPS) is 10.8. The average molecular weight is 327 g/mol.